The molecular formula is C12H15FeN. The molecule has 0 radical (unpaired) electrons. The molecule has 0 saturated heterocycles. The topological polar surface area (TPSA) is 3.24 Å². The van der Waals surface area contributed by atoms with Gasteiger partial charge in [-0.1, -0.05) is 5.69 Å². The quantitative estimate of drug-likeness (QED) is 0.536. The molecule has 2 rings (SSSR count). The monoisotopic (exact) mass is 229 g/mol. The van der Waals surface area contributed by atoms with Crippen molar-refractivity contribution in [3.63, 3.8) is 0 Å². The maximum atomic E-state index is 2.08. The molecular weight excluding hydrogens is 214 g/mol. The van der Waals surface area contributed by atoms with E-state index in [0.29, 0.717) is 0 Å². The fourth-order valence-electron chi connectivity index (χ4n) is 0.983. The summed E-state index contributed by atoms with van der Waals surface area (Å²) < 4.78 is 0. The molecule has 14 heavy (non-hydrogen) atoms. The van der Waals surface area contributed by atoms with Gasteiger partial charge in [-0.3, -0.25) is 0 Å². The molecule has 0 atom stereocenters. The zero-order valence-corrected chi connectivity index (χ0v) is 9.60. The van der Waals surface area contributed by atoms with Crippen molar-refractivity contribution in [3.8, 4) is 0 Å². The van der Waals surface area contributed by atoms with E-state index in [0.717, 1.165) is 0 Å². The summed E-state index contributed by atoms with van der Waals surface area (Å²) in [7, 11) is 4.07. The molecule has 0 unspecified atom stereocenters. The molecule has 0 heterocycles. The van der Waals surface area contributed by atoms with Crippen molar-refractivity contribution in [2.24, 2.45) is 0 Å². The van der Waals surface area contributed by atoms with Crippen molar-refractivity contribution in [1.82, 2.24) is 0 Å². The minimum atomic E-state index is 0. The van der Waals surface area contributed by atoms with E-state index >= 15 is 0 Å². The second-order valence-electron chi connectivity index (χ2n) is 3.00. The Morgan fingerprint density at radius 1 is 0.929 bits per heavy atom. The van der Waals surface area contributed by atoms with Gasteiger partial charge in [-0.05, 0) is 14.1 Å². The molecule has 2 heteroatoms. The molecule has 0 bridgehead atoms. The Kier molecular flexibility index (Phi) is 6.91. The van der Waals surface area contributed by atoms with Gasteiger partial charge in [-0.2, -0.15) is 30.3 Å². The van der Waals surface area contributed by atoms with Crippen molar-refractivity contribution in [1.29, 1.82) is 0 Å². The Morgan fingerprint density at radius 3 is 1.64 bits per heavy atom. The summed E-state index contributed by atoms with van der Waals surface area (Å²) in [6.45, 7) is 0. The molecule has 2 aromatic carbocycles. The standard InChI is InChI=1S/C7H10N.C5H5.Fe/c1-8(2)7-5-3-4-6-7;1-2-4-5-3-1;/h3-6H,1-2H3;1-5H;/q2*-1;+2. The summed E-state index contributed by atoms with van der Waals surface area (Å²) in [4.78, 5) is 2.08. The van der Waals surface area contributed by atoms with Gasteiger partial charge in [0.2, 0.25) is 0 Å². The Labute approximate surface area is 96.6 Å². The predicted octanol–water partition coefficient (Wildman–Crippen LogP) is 2.87. The van der Waals surface area contributed by atoms with Crippen LogP contribution in [-0.4, -0.2) is 14.1 Å². The summed E-state index contributed by atoms with van der Waals surface area (Å²) >= 11 is 0. The third kappa shape index (κ3) is 4.90. The molecule has 0 spiro atoms. The molecule has 1 nitrogen and oxygen atoms in total. The number of hydrogen-bond acceptors (Lipinski definition) is 1. The molecule has 0 aliphatic rings. The maximum absolute atomic E-state index is 2.08. The number of anilines is 1. The molecule has 2 aromatic rings. The second kappa shape index (κ2) is 7.43. The number of nitrogens with zero attached hydrogens (tertiary/aromatic N) is 1. The Bertz CT molecular complexity index is 265. The minimum Gasteiger partial charge on any atom is -0.429 e. The summed E-state index contributed by atoms with van der Waals surface area (Å²) in [6, 6.07) is 18.2. The van der Waals surface area contributed by atoms with Gasteiger partial charge in [0.25, 0.3) is 0 Å². The molecule has 76 valence electrons. The van der Waals surface area contributed by atoms with Crippen LogP contribution < -0.4 is 4.90 Å². The summed E-state index contributed by atoms with van der Waals surface area (Å²) in [5.74, 6) is 0. The van der Waals surface area contributed by atoms with Crippen molar-refractivity contribution >= 4 is 5.69 Å². The molecule has 0 fully saturated rings. The second-order valence-corrected chi connectivity index (χ2v) is 3.00. The van der Waals surface area contributed by atoms with Crippen LogP contribution >= 0.6 is 0 Å². The van der Waals surface area contributed by atoms with Gasteiger partial charge in [0.15, 0.2) is 0 Å². The van der Waals surface area contributed by atoms with Crippen LogP contribution in [-0.2, 0) is 17.1 Å². The first-order chi connectivity index (χ1) is 6.30. The molecule has 0 saturated carbocycles. The van der Waals surface area contributed by atoms with Gasteiger partial charge >= 0.3 is 17.1 Å². The van der Waals surface area contributed by atoms with Crippen LogP contribution in [0, 0.1) is 0 Å². The first kappa shape index (κ1) is 13.0. The number of hydrogen-bond donors (Lipinski definition) is 0. The van der Waals surface area contributed by atoms with E-state index < -0.39 is 0 Å². The predicted molar refractivity (Wildman–Crippen MR) is 58.4 cm³/mol. The van der Waals surface area contributed by atoms with E-state index in [2.05, 4.69) is 17.0 Å². The van der Waals surface area contributed by atoms with Crippen LogP contribution in [0.3, 0.4) is 0 Å². The van der Waals surface area contributed by atoms with Crippen LogP contribution in [0.25, 0.3) is 0 Å². The van der Waals surface area contributed by atoms with Gasteiger partial charge in [0.05, 0.1) is 0 Å². The Hall–Kier alpha value is -0.981. The van der Waals surface area contributed by atoms with E-state index in [9.17, 15) is 0 Å². The van der Waals surface area contributed by atoms with Crippen LogP contribution in [0.2, 0.25) is 0 Å². The third-order valence-electron chi connectivity index (χ3n) is 1.72. The molecule has 0 amide bonds. The smallest absolute Gasteiger partial charge is 0.429 e. The fourth-order valence-corrected chi connectivity index (χ4v) is 0.983. The normalized spacial score (nSPS) is 8.14. The third-order valence-corrected chi connectivity index (χ3v) is 1.72. The minimum absolute atomic E-state index is 0. The summed E-state index contributed by atoms with van der Waals surface area (Å²) in [6.07, 6.45) is 0. The van der Waals surface area contributed by atoms with Gasteiger partial charge in [0, 0.05) is 0 Å². The fraction of sp³-hybridized carbons (Fsp3) is 0.167. The maximum Gasteiger partial charge on any atom is 2.00 e. The van der Waals surface area contributed by atoms with E-state index in [4.69, 9.17) is 0 Å². The zero-order valence-electron chi connectivity index (χ0n) is 8.50. The van der Waals surface area contributed by atoms with Crippen molar-refractivity contribution in [3.05, 3.63) is 54.6 Å². The van der Waals surface area contributed by atoms with Crippen LogP contribution in [0.4, 0.5) is 5.69 Å². The van der Waals surface area contributed by atoms with E-state index in [1.807, 2.05) is 56.6 Å². The Morgan fingerprint density at radius 2 is 1.43 bits per heavy atom. The average Bonchev–Trinajstić information content (AvgIpc) is 2.82. The zero-order chi connectivity index (χ0) is 9.52. The molecule has 0 aromatic heterocycles. The van der Waals surface area contributed by atoms with Crippen LogP contribution in [0.5, 0.6) is 0 Å². The van der Waals surface area contributed by atoms with Gasteiger partial charge in [0.1, 0.15) is 0 Å². The average molecular weight is 229 g/mol. The molecule has 0 N–H and O–H groups in total. The van der Waals surface area contributed by atoms with Crippen molar-refractivity contribution in [2.45, 2.75) is 0 Å². The van der Waals surface area contributed by atoms with E-state index in [1.165, 1.54) is 5.69 Å². The molecule has 0 aliphatic heterocycles. The molecule has 0 aliphatic carbocycles. The SMILES string of the molecule is CN(C)[c-]1cccc1.[Fe+2].c1cc[cH-]c1. The van der Waals surface area contributed by atoms with Gasteiger partial charge in [-0.25, -0.2) is 24.3 Å². The van der Waals surface area contributed by atoms with Gasteiger partial charge in [-0.15, -0.1) is 0 Å². The van der Waals surface area contributed by atoms with Crippen molar-refractivity contribution in [2.75, 3.05) is 19.0 Å². The Balaban J connectivity index is 0.000000246. The van der Waals surface area contributed by atoms with Gasteiger partial charge < -0.3 is 4.90 Å². The van der Waals surface area contributed by atoms with Crippen molar-refractivity contribution < 1.29 is 17.1 Å². The first-order valence-corrected chi connectivity index (χ1v) is 4.36. The number of rotatable bonds is 1. The van der Waals surface area contributed by atoms with Crippen LogP contribution in [0.1, 0.15) is 0 Å². The van der Waals surface area contributed by atoms with E-state index in [-0.39, 0.29) is 17.1 Å². The largest absolute Gasteiger partial charge is 2.00 e. The van der Waals surface area contributed by atoms with E-state index in [1.54, 1.807) is 0 Å². The summed E-state index contributed by atoms with van der Waals surface area (Å²) in [5, 5.41) is 0. The van der Waals surface area contributed by atoms with Crippen LogP contribution in [0.15, 0.2) is 54.6 Å². The first-order valence-electron chi connectivity index (χ1n) is 4.36. The summed E-state index contributed by atoms with van der Waals surface area (Å²) in [5.41, 5.74) is 1.27.